The number of thiophene rings is 1. The van der Waals surface area contributed by atoms with Crippen molar-refractivity contribution in [3.63, 3.8) is 0 Å². The van der Waals surface area contributed by atoms with Crippen LogP contribution < -0.4 is 10.1 Å². The number of carbonyl (C=O) groups is 1. The van der Waals surface area contributed by atoms with Gasteiger partial charge in [-0.3, -0.25) is 4.79 Å². The fourth-order valence-electron chi connectivity index (χ4n) is 2.20. The summed E-state index contributed by atoms with van der Waals surface area (Å²) in [5.74, 6) is 0.765. The molecule has 7 heteroatoms. The largest absolute Gasteiger partial charge is 0.494 e. The van der Waals surface area contributed by atoms with Crippen molar-refractivity contribution in [2.45, 2.75) is 26.2 Å². The van der Waals surface area contributed by atoms with Crippen molar-refractivity contribution in [1.29, 1.82) is 0 Å². The Kier molecular flexibility index (Phi) is 6.14. The Morgan fingerprint density at radius 1 is 1.20 bits per heavy atom. The van der Waals surface area contributed by atoms with Gasteiger partial charge in [-0.2, -0.15) is 0 Å². The summed E-state index contributed by atoms with van der Waals surface area (Å²) in [4.78, 5) is 13.0. The fourth-order valence-corrected chi connectivity index (χ4v) is 3.75. The molecule has 0 aliphatic heterocycles. The highest BCUT2D eigenvalue weighted by Crippen LogP contribution is 2.29. The predicted octanol–water partition coefficient (Wildman–Crippen LogP) is 4.63. The Bertz CT molecular complexity index is 798. The molecule has 0 fully saturated rings. The van der Waals surface area contributed by atoms with Crippen LogP contribution >= 0.6 is 22.7 Å². The Morgan fingerprint density at radius 3 is 2.76 bits per heavy atom. The number of hydrogen-bond donors (Lipinski definition) is 1. The summed E-state index contributed by atoms with van der Waals surface area (Å²) >= 11 is 2.99. The summed E-state index contributed by atoms with van der Waals surface area (Å²) in [5.41, 5.74) is 1.28. The quantitative estimate of drug-likeness (QED) is 0.585. The number of rotatable bonds is 8. The number of nitrogens with zero attached hydrogens (tertiary/aromatic N) is 2. The van der Waals surface area contributed by atoms with Gasteiger partial charge in [0.1, 0.15) is 5.75 Å². The van der Waals surface area contributed by atoms with Gasteiger partial charge in [0.15, 0.2) is 5.01 Å². The van der Waals surface area contributed by atoms with E-state index in [2.05, 4.69) is 34.6 Å². The van der Waals surface area contributed by atoms with Crippen LogP contribution in [0.3, 0.4) is 0 Å². The molecule has 25 heavy (non-hydrogen) atoms. The highest BCUT2D eigenvalue weighted by molar-refractivity contribution is 7.23. The Labute approximate surface area is 154 Å². The zero-order valence-electron chi connectivity index (χ0n) is 13.9. The maximum absolute atomic E-state index is 12.0. The molecule has 0 saturated heterocycles. The van der Waals surface area contributed by atoms with E-state index in [-0.39, 0.29) is 5.91 Å². The summed E-state index contributed by atoms with van der Waals surface area (Å²) in [6, 6.07) is 12.0. The van der Waals surface area contributed by atoms with Crippen molar-refractivity contribution in [2.24, 2.45) is 0 Å². The van der Waals surface area contributed by atoms with Gasteiger partial charge in [-0.1, -0.05) is 36.5 Å². The summed E-state index contributed by atoms with van der Waals surface area (Å²) in [6.45, 7) is 2.63. The molecule has 1 N–H and O–H groups in total. The van der Waals surface area contributed by atoms with E-state index in [1.165, 1.54) is 16.9 Å². The number of carbonyl (C=O) groups excluding carboxylic acids is 1. The third-order valence-corrected chi connectivity index (χ3v) is 5.43. The second-order valence-electron chi connectivity index (χ2n) is 5.39. The summed E-state index contributed by atoms with van der Waals surface area (Å²) in [5, 5.41) is 14.3. The lowest BCUT2D eigenvalue weighted by Crippen LogP contribution is -2.12. The first-order valence-corrected chi connectivity index (χ1v) is 9.83. The van der Waals surface area contributed by atoms with Crippen LogP contribution in [0.25, 0.3) is 9.88 Å². The third-order valence-electron chi connectivity index (χ3n) is 3.55. The van der Waals surface area contributed by atoms with E-state index in [1.807, 2.05) is 29.6 Å². The number of nitrogens with one attached hydrogen (secondary N) is 1. The predicted molar refractivity (Wildman–Crippen MR) is 102 cm³/mol. The molecule has 0 bridgehead atoms. The van der Waals surface area contributed by atoms with Gasteiger partial charge in [-0.05, 0) is 42.0 Å². The van der Waals surface area contributed by atoms with Crippen LogP contribution in [0.4, 0.5) is 5.13 Å². The average Bonchev–Trinajstić information content (AvgIpc) is 3.31. The van der Waals surface area contributed by atoms with Crippen molar-refractivity contribution in [3.05, 3.63) is 47.3 Å². The molecule has 1 amide bonds. The number of aromatic nitrogens is 2. The second-order valence-corrected chi connectivity index (χ2v) is 7.31. The zero-order chi connectivity index (χ0) is 17.5. The molecule has 0 radical (unpaired) electrons. The van der Waals surface area contributed by atoms with E-state index in [4.69, 9.17) is 4.74 Å². The number of anilines is 1. The topological polar surface area (TPSA) is 64.1 Å². The minimum Gasteiger partial charge on any atom is -0.494 e. The lowest BCUT2D eigenvalue weighted by Gasteiger charge is -2.06. The molecule has 5 nitrogen and oxygen atoms in total. The smallest absolute Gasteiger partial charge is 0.226 e. The molecular weight excluding hydrogens is 354 g/mol. The Morgan fingerprint density at radius 2 is 2.04 bits per heavy atom. The standard InChI is InChI=1S/C18H19N3O2S2/c1-2-13-7-9-14(10-8-13)23-11-3-6-16(22)19-18-21-20-17(25-18)15-5-4-12-24-15/h4-5,7-10,12H,2-3,6,11H2,1H3,(H,19,21,22). The van der Waals surface area contributed by atoms with Crippen LogP contribution in [0.5, 0.6) is 5.75 Å². The van der Waals surface area contributed by atoms with E-state index in [0.29, 0.717) is 24.6 Å². The molecule has 2 heterocycles. The van der Waals surface area contributed by atoms with Crippen molar-refractivity contribution in [3.8, 4) is 15.6 Å². The lowest BCUT2D eigenvalue weighted by atomic mass is 10.2. The van der Waals surface area contributed by atoms with Crippen LogP contribution in [0, 0.1) is 0 Å². The molecule has 1 aromatic carbocycles. The maximum Gasteiger partial charge on any atom is 0.226 e. The molecule has 0 unspecified atom stereocenters. The van der Waals surface area contributed by atoms with Crippen molar-refractivity contribution in [2.75, 3.05) is 11.9 Å². The molecule has 3 rings (SSSR count). The molecule has 0 saturated carbocycles. The first kappa shape index (κ1) is 17.6. The van der Waals surface area contributed by atoms with Gasteiger partial charge < -0.3 is 10.1 Å². The van der Waals surface area contributed by atoms with E-state index in [1.54, 1.807) is 11.3 Å². The van der Waals surface area contributed by atoms with Crippen LogP contribution in [-0.2, 0) is 11.2 Å². The van der Waals surface area contributed by atoms with Gasteiger partial charge in [-0.15, -0.1) is 21.5 Å². The molecule has 0 atom stereocenters. The van der Waals surface area contributed by atoms with Gasteiger partial charge in [0.05, 0.1) is 11.5 Å². The average molecular weight is 374 g/mol. The van der Waals surface area contributed by atoms with Crippen LogP contribution in [0.15, 0.2) is 41.8 Å². The SMILES string of the molecule is CCc1ccc(OCCCC(=O)Nc2nnc(-c3cccs3)s2)cc1. The number of benzene rings is 1. The minimum atomic E-state index is -0.0705. The van der Waals surface area contributed by atoms with Crippen molar-refractivity contribution < 1.29 is 9.53 Å². The molecule has 0 aliphatic carbocycles. The highest BCUT2D eigenvalue weighted by Gasteiger charge is 2.10. The van der Waals surface area contributed by atoms with Crippen molar-refractivity contribution in [1.82, 2.24) is 10.2 Å². The molecule has 130 valence electrons. The first-order valence-electron chi connectivity index (χ1n) is 8.13. The molecule has 0 aliphatic rings. The second kappa shape index (κ2) is 8.73. The summed E-state index contributed by atoms with van der Waals surface area (Å²) < 4.78 is 5.66. The number of amides is 1. The van der Waals surface area contributed by atoms with Gasteiger partial charge in [0.2, 0.25) is 11.0 Å². The Hall–Kier alpha value is -2.25. The van der Waals surface area contributed by atoms with Gasteiger partial charge >= 0.3 is 0 Å². The zero-order valence-corrected chi connectivity index (χ0v) is 15.5. The van der Waals surface area contributed by atoms with E-state index >= 15 is 0 Å². The first-order chi connectivity index (χ1) is 12.2. The molecule has 3 aromatic rings. The van der Waals surface area contributed by atoms with E-state index in [9.17, 15) is 4.79 Å². The number of hydrogen-bond acceptors (Lipinski definition) is 6. The van der Waals surface area contributed by atoms with Crippen LogP contribution in [0.2, 0.25) is 0 Å². The van der Waals surface area contributed by atoms with Crippen LogP contribution in [-0.4, -0.2) is 22.7 Å². The molecular formula is C18H19N3O2S2. The van der Waals surface area contributed by atoms with Gasteiger partial charge in [-0.25, -0.2) is 0 Å². The monoisotopic (exact) mass is 373 g/mol. The van der Waals surface area contributed by atoms with E-state index in [0.717, 1.165) is 22.1 Å². The Balaban J connectivity index is 1.39. The third kappa shape index (κ3) is 5.11. The number of aryl methyl sites for hydroxylation is 1. The minimum absolute atomic E-state index is 0.0705. The summed E-state index contributed by atoms with van der Waals surface area (Å²) in [6.07, 6.45) is 2.05. The number of ether oxygens (including phenoxy) is 1. The molecule has 2 aromatic heterocycles. The highest BCUT2D eigenvalue weighted by atomic mass is 32.1. The lowest BCUT2D eigenvalue weighted by molar-refractivity contribution is -0.116. The van der Waals surface area contributed by atoms with Gasteiger partial charge in [0.25, 0.3) is 0 Å². The normalized spacial score (nSPS) is 10.6. The van der Waals surface area contributed by atoms with Crippen LogP contribution in [0.1, 0.15) is 25.3 Å². The van der Waals surface area contributed by atoms with Gasteiger partial charge in [0, 0.05) is 6.42 Å². The fraction of sp³-hybridized carbons (Fsp3) is 0.278. The maximum atomic E-state index is 12.0. The molecule has 0 spiro atoms. The van der Waals surface area contributed by atoms with Crippen molar-refractivity contribution >= 4 is 33.7 Å². The van der Waals surface area contributed by atoms with E-state index < -0.39 is 0 Å². The summed E-state index contributed by atoms with van der Waals surface area (Å²) in [7, 11) is 0.